The minimum atomic E-state index is -0.834. The minimum Gasteiger partial charge on any atom is -0.352 e. The van der Waals surface area contributed by atoms with Crippen molar-refractivity contribution in [2.24, 2.45) is 11.7 Å². The molecule has 0 saturated heterocycles. The SMILES string of the molecule is CC[C@@H](C)[C@@H](NC(N)=O)C(=O)NNC(=O)c1cc(C)n(-c2ccccc2)c1C. The van der Waals surface area contributed by atoms with Gasteiger partial charge in [-0.15, -0.1) is 0 Å². The van der Waals surface area contributed by atoms with Gasteiger partial charge in [0.2, 0.25) is 0 Å². The molecule has 1 aromatic heterocycles. The first-order valence-electron chi connectivity index (χ1n) is 9.16. The van der Waals surface area contributed by atoms with Gasteiger partial charge in [-0.25, -0.2) is 4.79 Å². The van der Waals surface area contributed by atoms with Crippen LogP contribution in [0, 0.1) is 19.8 Å². The highest BCUT2D eigenvalue weighted by atomic mass is 16.2. The molecule has 0 spiro atoms. The number of nitrogens with two attached hydrogens (primary N) is 1. The van der Waals surface area contributed by atoms with Gasteiger partial charge in [0, 0.05) is 17.1 Å². The van der Waals surface area contributed by atoms with E-state index in [1.54, 1.807) is 6.07 Å². The van der Waals surface area contributed by atoms with Gasteiger partial charge >= 0.3 is 6.03 Å². The number of nitrogens with one attached hydrogen (secondary N) is 3. The summed E-state index contributed by atoms with van der Waals surface area (Å²) >= 11 is 0. The van der Waals surface area contributed by atoms with Crippen molar-refractivity contribution in [2.75, 3.05) is 0 Å². The molecule has 8 nitrogen and oxygen atoms in total. The molecule has 4 amide bonds. The first kappa shape index (κ1) is 21.0. The van der Waals surface area contributed by atoms with Gasteiger partial charge in [0.25, 0.3) is 11.8 Å². The Morgan fingerprint density at radius 2 is 1.75 bits per heavy atom. The van der Waals surface area contributed by atoms with Crippen molar-refractivity contribution in [1.82, 2.24) is 20.7 Å². The summed E-state index contributed by atoms with van der Waals surface area (Å²) in [6, 6.07) is 9.82. The third kappa shape index (κ3) is 4.70. The number of para-hydroxylation sites is 1. The minimum absolute atomic E-state index is 0.146. The second kappa shape index (κ2) is 9.07. The van der Waals surface area contributed by atoms with Crippen LogP contribution in [0.2, 0.25) is 0 Å². The quantitative estimate of drug-likeness (QED) is 0.569. The lowest BCUT2D eigenvalue weighted by atomic mass is 9.99. The third-order valence-electron chi connectivity index (χ3n) is 4.78. The van der Waals surface area contributed by atoms with E-state index in [0.717, 1.165) is 17.1 Å². The Labute approximate surface area is 164 Å². The van der Waals surface area contributed by atoms with Crippen LogP contribution in [0.1, 0.15) is 42.0 Å². The number of hydrazine groups is 1. The van der Waals surface area contributed by atoms with Crippen LogP contribution in [-0.2, 0) is 4.79 Å². The number of carbonyl (C=O) groups is 3. The van der Waals surface area contributed by atoms with E-state index in [-0.39, 0.29) is 5.92 Å². The van der Waals surface area contributed by atoms with Crippen molar-refractivity contribution < 1.29 is 14.4 Å². The van der Waals surface area contributed by atoms with E-state index in [0.29, 0.717) is 12.0 Å². The van der Waals surface area contributed by atoms with Crippen molar-refractivity contribution in [3.63, 3.8) is 0 Å². The van der Waals surface area contributed by atoms with Gasteiger partial charge in [-0.05, 0) is 38.0 Å². The zero-order chi connectivity index (χ0) is 20.8. The number of aromatic nitrogens is 1. The average Bonchev–Trinajstić information content (AvgIpc) is 2.98. The monoisotopic (exact) mass is 385 g/mol. The predicted molar refractivity (Wildman–Crippen MR) is 107 cm³/mol. The number of hydrogen-bond acceptors (Lipinski definition) is 3. The van der Waals surface area contributed by atoms with Gasteiger partial charge in [0.1, 0.15) is 6.04 Å². The molecule has 0 unspecified atom stereocenters. The lowest BCUT2D eigenvalue weighted by Crippen LogP contribution is -2.55. The molecule has 0 aliphatic heterocycles. The Kier molecular flexibility index (Phi) is 6.81. The molecule has 28 heavy (non-hydrogen) atoms. The van der Waals surface area contributed by atoms with Crippen LogP contribution in [0.4, 0.5) is 4.79 Å². The van der Waals surface area contributed by atoms with Crippen molar-refractivity contribution in [3.8, 4) is 5.69 Å². The predicted octanol–water partition coefficient (Wildman–Crippen LogP) is 1.94. The molecule has 0 radical (unpaired) electrons. The number of benzene rings is 1. The van der Waals surface area contributed by atoms with E-state index in [1.807, 2.05) is 62.6 Å². The van der Waals surface area contributed by atoms with Crippen molar-refractivity contribution >= 4 is 17.8 Å². The fraction of sp³-hybridized carbons (Fsp3) is 0.350. The number of primary amides is 1. The van der Waals surface area contributed by atoms with Crippen molar-refractivity contribution in [2.45, 2.75) is 40.2 Å². The van der Waals surface area contributed by atoms with Gasteiger partial charge in [-0.1, -0.05) is 38.5 Å². The Hall–Kier alpha value is -3.29. The normalized spacial score (nSPS) is 12.7. The van der Waals surface area contributed by atoms with E-state index in [2.05, 4.69) is 16.2 Å². The van der Waals surface area contributed by atoms with Crippen LogP contribution >= 0.6 is 0 Å². The van der Waals surface area contributed by atoms with Crippen LogP contribution in [0.25, 0.3) is 5.69 Å². The number of aryl methyl sites for hydroxylation is 1. The van der Waals surface area contributed by atoms with Gasteiger partial charge < -0.3 is 15.6 Å². The second-order valence-electron chi connectivity index (χ2n) is 6.77. The van der Waals surface area contributed by atoms with Crippen molar-refractivity contribution in [1.29, 1.82) is 0 Å². The van der Waals surface area contributed by atoms with E-state index in [4.69, 9.17) is 5.73 Å². The molecule has 2 atom stereocenters. The molecule has 0 fully saturated rings. The maximum Gasteiger partial charge on any atom is 0.312 e. The smallest absolute Gasteiger partial charge is 0.312 e. The Morgan fingerprint density at radius 1 is 1.11 bits per heavy atom. The summed E-state index contributed by atoms with van der Waals surface area (Å²) in [6.45, 7) is 7.46. The summed E-state index contributed by atoms with van der Waals surface area (Å²) in [5, 5.41) is 2.41. The molecule has 2 rings (SSSR count). The van der Waals surface area contributed by atoms with Crippen molar-refractivity contribution in [3.05, 3.63) is 53.3 Å². The molecule has 0 aliphatic rings. The molecule has 8 heteroatoms. The third-order valence-corrected chi connectivity index (χ3v) is 4.78. The molecule has 2 aromatic rings. The maximum absolute atomic E-state index is 12.6. The number of carbonyl (C=O) groups excluding carboxylic acids is 3. The fourth-order valence-corrected chi connectivity index (χ4v) is 3.09. The topological polar surface area (TPSA) is 118 Å². The summed E-state index contributed by atoms with van der Waals surface area (Å²) in [5.41, 5.74) is 13.0. The van der Waals surface area contributed by atoms with Crippen LogP contribution < -0.4 is 21.9 Å². The molecule has 150 valence electrons. The number of hydrogen-bond donors (Lipinski definition) is 4. The van der Waals surface area contributed by atoms with Crippen LogP contribution in [0.15, 0.2) is 36.4 Å². The largest absolute Gasteiger partial charge is 0.352 e. The number of nitrogens with zero attached hydrogens (tertiary/aromatic N) is 1. The molecule has 0 aliphatic carbocycles. The molecule has 0 saturated carbocycles. The number of urea groups is 1. The van der Waals surface area contributed by atoms with Gasteiger partial charge in [-0.3, -0.25) is 20.4 Å². The Morgan fingerprint density at radius 3 is 2.32 bits per heavy atom. The zero-order valence-electron chi connectivity index (χ0n) is 16.6. The second-order valence-corrected chi connectivity index (χ2v) is 6.77. The Balaban J connectivity index is 2.13. The highest BCUT2D eigenvalue weighted by Gasteiger charge is 2.26. The first-order valence-corrected chi connectivity index (χ1v) is 9.16. The van der Waals surface area contributed by atoms with Crippen LogP contribution in [-0.4, -0.2) is 28.5 Å². The maximum atomic E-state index is 12.6. The fourth-order valence-electron chi connectivity index (χ4n) is 3.09. The van der Waals surface area contributed by atoms with E-state index in [1.165, 1.54) is 0 Å². The lowest BCUT2D eigenvalue weighted by Gasteiger charge is -2.22. The zero-order valence-corrected chi connectivity index (χ0v) is 16.6. The number of amides is 4. The first-order chi connectivity index (χ1) is 13.3. The molecular formula is C20H27N5O3. The van der Waals surface area contributed by atoms with Gasteiger partial charge in [-0.2, -0.15) is 0 Å². The summed E-state index contributed by atoms with van der Waals surface area (Å²) in [7, 11) is 0. The van der Waals surface area contributed by atoms with Crippen LogP contribution in [0.3, 0.4) is 0 Å². The Bertz CT molecular complexity index is 860. The lowest BCUT2D eigenvalue weighted by molar-refractivity contribution is -0.124. The van der Waals surface area contributed by atoms with Gasteiger partial charge in [0.15, 0.2) is 0 Å². The van der Waals surface area contributed by atoms with Gasteiger partial charge in [0.05, 0.1) is 5.56 Å². The van der Waals surface area contributed by atoms with E-state index >= 15 is 0 Å². The summed E-state index contributed by atoms with van der Waals surface area (Å²) < 4.78 is 1.97. The van der Waals surface area contributed by atoms with E-state index < -0.39 is 23.9 Å². The summed E-state index contributed by atoms with van der Waals surface area (Å²) in [5.74, 6) is -1.11. The average molecular weight is 385 g/mol. The molecule has 1 aromatic carbocycles. The molecule has 1 heterocycles. The highest BCUT2D eigenvalue weighted by Crippen LogP contribution is 2.20. The van der Waals surface area contributed by atoms with Crippen LogP contribution in [0.5, 0.6) is 0 Å². The molecule has 0 bridgehead atoms. The summed E-state index contributed by atoms with van der Waals surface area (Å²) in [4.78, 5) is 36.1. The number of rotatable bonds is 6. The standard InChI is InChI=1S/C20H27N5O3/c1-5-12(2)17(22-20(21)28)19(27)24-23-18(26)16-11-13(3)25(14(16)4)15-9-7-6-8-10-15/h6-12,17H,5H2,1-4H3,(H,23,26)(H,24,27)(H3,21,22,28)/t12-,17-/m1/s1. The molecule has 5 N–H and O–H groups in total. The molecular weight excluding hydrogens is 358 g/mol. The van der Waals surface area contributed by atoms with E-state index in [9.17, 15) is 14.4 Å². The summed E-state index contributed by atoms with van der Waals surface area (Å²) in [6.07, 6.45) is 0.657. The highest BCUT2D eigenvalue weighted by molar-refractivity contribution is 5.97.